The van der Waals surface area contributed by atoms with E-state index in [0.29, 0.717) is 19.4 Å². The summed E-state index contributed by atoms with van der Waals surface area (Å²) >= 11 is 0. The van der Waals surface area contributed by atoms with Gasteiger partial charge in [0.1, 0.15) is 0 Å². The molecule has 0 rings (SSSR count). The van der Waals surface area contributed by atoms with Crippen molar-refractivity contribution in [3.8, 4) is 0 Å². The van der Waals surface area contributed by atoms with Crippen LogP contribution in [0.1, 0.15) is 399 Å². The van der Waals surface area contributed by atoms with Crippen LogP contribution in [0.3, 0.4) is 0 Å². The highest BCUT2D eigenvalue weighted by molar-refractivity contribution is 5.76. The lowest BCUT2D eigenvalue weighted by Gasteiger charge is -2.20. The number of hydrogen-bond acceptors (Lipinski definition) is 5. The normalized spacial score (nSPS) is 12.8. The largest absolute Gasteiger partial charge is 0.466 e. The van der Waals surface area contributed by atoms with Crippen molar-refractivity contribution in [2.45, 2.75) is 411 Å². The van der Waals surface area contributed by atoms with Gasteiger partial charge in [0.15, 0.2) is 0 Å². The maximum atomic E-state index is 12.5. The van der Waals surface area contributed by atoms with Gasteiger partial charge in [0.2, 0.25) is 5.91 Å². The average molecular weight is 1150 g/mol. The van der Waals surface area contributed by atoms with Crippen molar-refractivity contribution < 1.29 is 24.5 Å². The first kappa shape index (κ1) is 79.8. The summed E-state index contributed by atoms with van der Waals surface area (Å²) in [4.78, 5) is 24.6. The number of amides is 1. The first-order chi connectivity index (χ1) is 40.5. The lowest BCUT2D eigenvalue weighted by Crippen LogP contribution is -2.45. The zero-order valence-corrected chi connectivity index (χ0v) is 55.2. The number of esters is 1. The molecule has 6 heteroatoms. The number of unbranched alkanes of at least 4 members (excludes halogenated alkanes) is 52. The summed E-state index contributed by atoms with van der Waals surface area (Å²) in [6.07, 6.45) is 93.5. The third kappa shape index (κ3) is 67.0. The molecule has 3 N–H and O–H groups in total. The minimum atomic E-state index is -0.843. The van der Waals surface area contributed by atoms with Crippen molar-refractivity contribution in [1.82, 2.24) is 5.32 Å². The number of aliphatic hydroxyl groups excluding tert-OH is 2. The Hall–Kier alpha value is -2.18. The Balaban J connectivity index is 3.37. The smallest absolute Gasteiger partial charge is 0.305 e. The van der Waals surface area contributed by atoms with Crippen molar-refractivity contribution in [2.24, 2.45) is 0 Å². The molecule has 82 heavy (non-hydrogen) atoms. The van der Waals surface area contributed by atoms with Gasteiger partial charge in [-0.15, -0.1) is 0 Å². The number of rotatable bonds is 69. The molecule has 2 unspecified atom stereocenters. The van der Waals surface area contributed by atoms with Crippen LogP contribution in [0.4, 0.5) is 0 Å². The van der Waals surface area contributed by atoms with Gasteiger partial charge in [0.05, 0.1) is 25.4 Å². The Morgan fingerprint density at radius 2 is 0.622 bits per heavy atom. The highest BCUT2D eigenvalue weighted by atomic mass is 16.5. The lowest BCUT2D eigenvalue weighted by molar-refractivity contribution is -0.143. The second kappa shape index (κ2) is 71.3. The average Bonchev–Trinajstić information content (AvgIpc) is 3.48. The van der Waals surface area contributed by atoms with E-state index in [1.54, 1.807) is 6.08 Å². The fourth-order valence-electron chi connectivity index (χ4n) is 11.4. The lowest BCUT2D eigenvalue weighted by atomic mass is 10.0. The molecule has 0 aromatic carbocycles. The van der Waals surface area contributed by atoms with Crippen LogP contribution in [0.25, 0.3) is 0 Å². The maximum Gasteiger partial charge on any atom is 0.305 e. The van der Waals surface area contributed by atoms with Crippen LogP contribution >= 0.6 is 0 Å². The summed E-state index contributed by atoms with van der Waals surface area (Å²) in [5, 5.41) is 23.2. The quantitative estimate of drug-likeness (QED) is 0.0320. The maximum absolute atomic E-state index is 12.5. The van der Waals surface area contributed by atoms with Gasteiger partial charge in [-0.25, -0.2) is 0 Å². The topological polar surface area (TPSA) is 95.9 Å². The molecule has 6 nitrogen and oxygen atoms in total. The summed E-state index contributed by atoms with van der Waals surface area (Å²) in [6.45, 7) is 4.89. The molecule has 2 atom stereocenters. The third-order valence-electron chi connectivity index (χ3n) is 17.1. The van der Waals surface area contributed by atoms with E-state index >= 15 is 0 Å². The van der Waals surface area contributed by atoms with E-state index in [4.69, 9.17) is 4.74 Å². The van der Waals surface area contributed by atoms with Gasteiger partial charge in [0, 0.05) is 12.8 Å². The van der Waals surface area contributed by atoms with Crippen LogP contribution in [-0.4, -0.2) is 47.4 Å². The van der Waals surface area contributed by atoms with Crippen LogP contribution in [0.5, 0.6) is 0 Å². The van der Waals surface area contributed by atoms with E-state index in [1.807, 2.05) is 6.08 Å². The van der Waals surface area contributed by atoms with Gasteiger partial charge in [-0.05, 0) is 83.5 Å². The van der Waals surface area contributed by atoms with Crippen LogP contribution in [0.2, 0.25) is 0 Å². The van der Waals surface area contributed by atoms with Crippen molar-refractivity contribution in [3.63, 3.8) is 0 Å². The second-order valence-corrected chi connectivity index (χ2v) is 25.3. The molecule has 0 fully saturated rings. The Bertz CT molecular complexity index is 1370. The summed E-state index contributed by atoms with van der Waals surface area (Å²) in [6, 6.07) is -0.626. The van der Waals surface area contributed by atoms with E-state index in [-0.39, 0.29) is 18.5 Å². The Morgan fingerprint density at radius 1 is 0.341 bits per heavy atom. The molecule has 0 radical (unpaired) electrons. The molecule has 0 aromatic rings. The third-order valence-corrected chi connectivity index (χ3v) is 17.1. The number of nitrogens with one attached hydrogen (secondary N) is 1. The molecule has 0 saturated heterocycles. The minimum Gasteiger partial charge on any atom is -0.466 e. The molecule has 0 aliphatic heterocycles. The monoisotopic (exact) mass is 1150 g/mol. The second-order valence-electron chi connectivity index (χ2n) is 25.3. The predicted molar refractivity (Wildman–Crippen MR) is 361 cm³/mol. The van der Waals surface area contributed by atoms with E-state index in [9.17, 15) is 19.8 Å². The first-order valence-corrected chi connectivity index (χ1v) is 36.9. The van der Waals surface area contributed by atoms with E-state index < -0.39 is 12.1 Å². The van der Waals surface area contributed by atoms with Gasteiger partial charge in [-0.3, -0.25) is 9.59 Å². The molecule has 0 bridgehead atoms. The van der Waals surface area contributed by atoms with Crippen molar-refractivity contribution in [1.29, 1.82) is 0 Å². The zero-order valence-electron chi connectivity index (χ0n) is 55.2. The summed E-state index contributed by atoms with van der Waals surface area (Å²) < 4.78 is 5.48. The standard InChI is InChI=1S/C76H143NO5/c1-3-5-7-9-11-13-15-17-19-20-38-41-44-48-52-56-60-64-68-74(79)73(72-78)77-75(80)69-65-61-57-53-49-45-42-39-36-34-32-30-28-26-24-22-21-23-25-27-29-31-33-35-37-40-43-47-51-55-59-63-67-71-82-76(81)70-66-62-58-54-50-46-18-16-14-12-10-8-6-4-2/h10,12,16,18,25,27,64,68,73-74,78-79H,3-9,11,13-15,17,19-24,26,28-63,65-67,69-72H2,1-2H3,(H,77,80)/b12-10-,18-16-,27-25-,68-64+. The predicted octanol–water partition coefficient (Wildman–Crippen LogP) is 24.0. The van der Waals surface area contributed by atoms with Crippen LogP contribution < -0.4 is 5.32 Å². The van der Waals surface area contributed by atoms with Gasteiger partial charge < -0.3 is 20.3 Å². The Kier molecular flexibility index (Phi) is 69.4. The molecular weight excluding hydrogens is 1010 g/mol. The molecule has 0 heterocycles. The number of carbonyl (C=O) groups excluding carboxylic acids is 2. The number of allylic oxidation sites excluding steroid dienone is 7. The van der Waals surface area contributed by atoms with Gasteiger partial charge in [0.25, 0.3) is 0 Å². The summed E-state index contributed by atoms with van der Waals surface area (Å²) in [5.74, 6) is -0.0580. The number of ether oxygens (including phenoxy) is 1. The molecule has 1 amide bonds. The fraction of sp³-hybridized carbons (Fsp3) is 0.868. The van der Waals surface area contributed by atoms with Crippen molar-refractivity contribution >= 4 is 11.9 Å². The van der Waals surface area contributed by atoms with Crippen LogP contribution in [0, 0.1) is 0 Å². The SMILES string of the molecule is CCCC/C=C\C/C=C\CCCCCCCC(=O)OCCCCCCCCCCCCCC/C=C\CCCCCCCCCCCCCCCCCCCC(=O)NC(CO)C(O)/C=C/CCCCCCCCCCCCCCCCCC. The van der Waals surface area contributed by atoms with Gasteiger partial charge >= 0.3 is 5.97 Å². The molecular formula is C76H143NO5. The first-order valence-electron chi connectivity index (χ1n) is 36.9. The molecule has 482 valence electrons. The zero-order chi connectivity index (χ0) is 59.2. The van der Waals surface area contributed by atoms with E-state index in [2.05, 4.69) is 55.6 Å². The highest BCUT2D eigenvalue weighted by Gasteiger charge is 2.18. The van der Waals surface area contributed by atoms with Gasteiger partial charge in [-0.2, -0.15) is 0 Å². The van der Waals surface area contributed by atoms with E-state index in [0.717, 1.165) is 51.4 Å². The summed E-state index contributed by atoms with van der Waals surface area (Å²) in [5.41, 5.74) is 0. The van der Waals surface area contributed by atoms with Crippen molar-refractivity contribution in [3.05, 3.63) is 48.6 Å². The highest BCUT2D eigenvalue weighted by Crippen LogP contribution is 2.19. The van der Waals surface area contributed by atoms with Gasteiger partial charge in [-0.1, -0.05) is 351 Å². The van der Waals surface area contributed by atoms with E-state index in [1.165, 1.54) is 321 Å². The van der Waals surface area contributed by atoms with Crippen LogP contribution in [-0.2, 0) is 14.3 Å². The Morgan fingerprint density at radius 3 is 0.976 bits per heavy atom. The molecule has 0 aliphatic rings. The summed E-state index contributed by atoms with van der Waals surface area (Å²) in [7, 11) is 0. The molecule has 0 aliphatic carbocycles. The minimum absolute atomic E-state index is 0.00389. The number of aliphatic hydroxyl groups is 2. The molecule has 0 aromatic heterocycles. The Labute approximate surface area is 512 Å². The fourth-order valence-corrected chi connectivity index (χ4v) is 11.4. The molecule has 0 spiro atoms. The van der Waals surface area contributed by atoms with Crippen molar-refractivity contribution in [2.75, 3.05) is 13.2 Å². The number of carbonyl (C=O) groups is 2. The number of hydrogen-bond donors (Lipinski definition) is 3. The van der Waals surface area contributed by atoms with Crippen LogP contribution in [0.15, 0.2) is 48.6 Å². The molecule has 0 saturated carbocycles.